The molecule has 2 aromatic rings. The molecule has 24 heavy (non-hydrogen) atoms. The van der Waals surface area contributed by atoms with E-state index in [1.807, 2.05) is 45.0 Å². The lowest BCUT2D eigenvalue weighted by Crippen LogP contribution is -2.28. The van der Waals surface area contributed by atoms with Gasteiger partial charge in [-0.1, -0.05) is 43.7 Å². The zero-order valence-corrected chi connectivity index (χ0v) is 14.3. The lowest BCUT2D eigenvalue weighted by atomic mass is 10.0. The zero-order chi connectivity index (χ0) is 17.7. The second-order valence-corrected chi connectivity index (χ2v) is 6.40. The van der Waals surface area contributed by atoms with Crippen molar-refractivity contribution in [2.45, 2.75) is 39.8 Å². The first kappa shape index (κ1) is 17.9. The number of nitrogens with one attached hydrogen (secondary N) is 1. The van der Waals surface area contributed by atoms with Gasteiger partial charge in [-0.05, 0) is 30.5 Å². The number of nitrogens with zero attached hydrogens (tertiary/aromatic N) is 1. The SMILES string of the molecule is Cc1ccc(Cn2cccc(NC(=O)CC(O)C(C)C)c2=O)cc1. The summed E-state index contributed by atoms with van der Waals surface area (Å²) in [6, 6.07) is 11.3. The van der Waals surface area contributed by atoms with Gasteiger partial charge < -0.3 is 15.0 Å². The average Bonchev–Trinajstić information content (AvgIpc) is 2.53. The molecule has 1 heterocycles. The maximum absolute atomic E-state index is 12.5. The van der Waals surface area contributed by atoms with Crippen LogP contribution in [0.3, 0.4) is 0 Å². The summed E-state index contributed by atoms with van der Waals surface area (Å²) in [5.74, 6) is -0.369. The Labute approximate surface area is 142 Å². The number of aliphatic hydroxyl groups excluding tert-OH is 1. The summed E-state index contributed by atoms with van der Waals surface area (Å²) in [6.07, 6.45) is 0.952. The molecule has 128 valence electrons. The van der Waals surface area contributed by atoms with E-state index in [-0.39, 0.29) is 29.5 Å². The predicted molar refractivity (Wildman–Crippen MR) is 95.1 cm³/mol. The Morgan fingerprint density at radius 3 is 2.50 bits per heavy atom. The Morgan fingerprint density at radius 1 is 1.21 bits per heavy atom. The highest BCUT2D eigenvalue weighted by atomic mass is 16.3. The summed E-state index contributed by atoms with van der Waals surface area (Å²) in [4.78, 5) is 24.4. The third-order valence-electron chi connectivity index (χ3n) is 3.93. The molecular formula is C19H24N2O3. The number of rotatable bonds is 6. The van der Waals surface area contributed by atoms with Crippen LogP contribution in [-0.4, -0.2) is 21.7 Å². The first-order chi connectivity index (χ1) is 11.4. The molecule has 1 aromatic carbocycles. The third kappa shape index (κ3) is 4.80. The topological polar surface area (TPSA) is 71.3 Å². The van der Waals surface area contributed by atoms with Crippen LogP contribution >= 0.6 is 0 Å². The first-order valence-corrected chi connectivity index (χ1v) is 8.09. The van der Waals surface area contributed by atoms with Crippen LogP contribution in [-0.2, 0) is 11.3 Å². The van der Waals surface area contributed by atoms with Crippen molar-refractivity contribution < 1.29 is 9.90 Å². The van der Waals surface area contributed by atoms with Crippen LogP contribution in [0.4, 0.5) is 5.69 Å². The fourth-order valence-corrected chi connectivity index (χ4v) is 2.27. The number of amides is 1. The van der Waals surface area contributed by atoms with E-state index in [1.54, 1.807) is 22.9 Å². The number of aryl methyl sites for hydroxylation is 1. The molecular weight excluding hydrogens is 304 g/mol. The fraction of sp³-hybridized carbons (Fsp3) is 0.368. The van der Waals surface area contributed by atoms with Crippen molar-refractivity contribution in [1.29, 1.82) is 0 Å². The second kappa shape index (κ2) is 7.93. The van der Waals surface area contributed by atoms with E-state index in [0.29, 0.717) is 6.54 Å². The largest absolute Gasteiger partial charge is 0.392 e. The normalized spacial score (nSPS) is 12.2. The highest BCUT2D eigenvalue weighted by Crippen LogP contribution is 2.09. The molecule has 0 fully saturated rings. The van der Waals surface area contributed by atoms with E-state index in [2.05, 4.69) is 5.32 Å². The van der Waals surface area contributed by atoms with Gasteiger partial charge in [0.1, 0.15) is 5.69 Å². The number of carbonyl (C=O) groups is 1. The van der Waals surface area contributed by atoms with Gasteiger partial charge in [-0.3, -0.25) is 9.59 Å². The number of benzene rings is 1. The number of aliphatic hydroxyl groups is 1. The molecule has 1 aromatic heterocycles. The zero-order valence-electron chi connectivity index (χ0n) is 14.3. The Bertz CT molecular complexity index is 748. The van der Waals surface area contributed by atoms with Gasteiger partial charge in [0.15, 0.2) is 0 Å². The lowest BCUT2D eigenvalue weighted by molar-refractivity contribution is -0.118. The lowest BCUT2D eigenvalue weighted by Gasteiger charge is -2.14. The van der Waals surface area contributed by atoms with Crippen molar-refractivity contribution in [2.24, 2.45) is 5.92 Å². The van der Waals surface area contributed by atoms with E-state index >= 15 is 0 Å². The standard InChI is InChI=1S/C19H24N2O3/c1-13(2)17(22)11-18(23)20-16-5-4-10-21(19(16)24)12-15-8-6-14(3)7-9-15/h4-10,13,17,22H,11-12H2,1-3H3,(H,20,23). The number of hydrogen-bond acceptors (Lipinski definition) is 3. The maximum atomic E-state index is 12.5. The molecule has 0 bridgehead atoms. The quantitative estimate of drug-likeness (QED) is 0.856. The van der Waals surface area contributed by atoms with Crippen molar-refractivity contribution in [1.82, 2.24) is 4.57 Å². The molecule has 0 saturated heterocycles. The average molecular weight is 328 g/mol. The molecule has 0 saturated carbocycles. The smallest absolute Gasteiger partial charge is 0.274 e. The predicted octanol–water partition coefficient (Wildman–Crippen LogP) is 2.55. The minimum absolute atomic E-state index is 0.00952. The van der Waals surface area contributed by atoms with Gasteiger partial charge in [-0.25, -0.2) is 0 Å². The summed E-state index contributed by atoms with van der Waals surface area (Å²) >= 11 is 0. The number of hydrogen-bond donors (Lipinski definition) is 2. The molecule has 0 aliphatic heterocycles. The first-order valence-electron chi connectivity index (χ1n) is 8.09. The third-order valence-corrected chi connectivity index (χ3v) is 3.93. The molecule has 2 rings (SSSR count). The summed E-state index contributed by atoms with van der Waals surface area (Å²) in [5, 5.41) is 12.4. The maximum Gasteiger partial charge on any atom is 0.274 e. The van der Waals surface area contributed by atoms with E-state index in [1.165, 1.54) is 0 Å². The summed E-state index contributed by atoms with van der Waals surface area (Å²) in [6.45, 7) is 6.14. The molecule has 5 nitrogen and oxygen atoms in total. The van der Waals surface area contributed by atoms with E-state index < -0.39 is 6.10 Å². The highest BCUT2D eigenvalue weighted by molar-refractivity contribution is 5.90. The fourth-order valence-electron chi connectivity index (χ4n) is 2.27. The molecule has 0 radical (unpaired) electrons. The van der Waals surface area contributed by atoms with Gasteiger partial charge in [-0.2, -0.15) is 0 Å². The van der Waals surface area contributed by atoms with Crippen molar-refractivity contribution in [3.8, 4) is 0 Å². The number of pyridine rings is 1. The van der Waals surface area contributed by atoms with Crippen LogP contribution in [0, 0.1) is 12.8 Å². The van der Waals surface area contributed by atoms with E-state index in [9.17, 15) is 14.7 Å². The van der Waals surface area contributed by atoms with Crippen LogP contribution < -0.4 is 10.9 Å². The Morgan fingerprint density at radius 2 is 1.88 bits per heavy atom. The Balaban J connectivity index is 2.11. The molecule has 5 heteroatoms. The van der Waals surface area contributed by atoms with E-state index in [4.69, 9.17) is 0 Å². The second-order valence-electron chi connectivity index (χ2n) is 6.40. The van der Waals surface area contributed by atoms with E-state index in [0.717, 1.165) is 11.1 Å². The van der Waals surface area contributed by atoms with Crippen LogP contribution in [0.15, 0.2) is 47.4 Å². The van der Waals surface area contributed by atoms with Crippen LogP contribution in [0.1, 0.15) is 31.4 Å². The summed E-state index contributed by atoms with van der Waals surface area (Å²) in [5.41, 5.74) is 2.15. The van der Waals surface area contributed by atoms with Crippen LogP contribution in [0.5, 0.6) is 0 Å². The molecule has 0 aliphatic rings. The molecule has 0 aliphatic carbocycles. The van der Waals surface area contributed by atoms with Crippen molar-refractivity contribution in [3.05, 3.63) is 64.1 Å². The molecule has 2 N–H and O–H groups in total. The minimum atomic E-state index is -0.719. The molecule has 0 spiro atoms. The van der Waals surface area contributed by atoms with Gasteiger partial charge in [0.25, 0.3) is 5.56 Å². The van der Waals surface area contributed by atoms with Gasteiger partial charge >= 0.3 is 0 Å². The molecule has 1 amide bonds. The van der Waals surface area contributed by atoms with Crippen LogP contribution in [0.2, 0.25) is 0 Å². The molecule has 1 atom stereocenters. The Hall–Kier alpha value is -2.40. The summed E-state index contributed by atoms with van der Waals surface area (Å²) < 4.78 is 1.55. The highest BCUT2D eigenvalue weighted by Gasteiger charge is 2.15. The Kier molecular flexibility index (Phi) is 5.93. The van der Waals surface area contributed by atoms with Gasteiger partial charge in [0.05, 0.1) is 19.1 Å². The number of aromatic nitrogens is 1. The minimum Gasteiger partial charge on any atom is -0.392 e. The van der Waals surface area contributed by atoms with Crippen molar-refractivity contribution in [3.63, 3.8) is 0 Å². The monoisotopic (exact) mass is 328 g/mol. The van der Waals surface area contributed by atoms with Crippen molar-refractivity contribution in [2.75, 3.05) is 5.32 Å². The number of carbonyl (C=O) groups excluding carboxylic acids is 1. The van der Waals surface area contributed by atoms with Crippen LogP contribution in [0.25, 0.3) is 0 Å². The van der Waals surface area contributed by atoms with Gasteiger partial charge in [0, 0.05) is 6.20 Å². The van der Waals surface area contributed by atoms with Gasteiger partial charge in [-0.15, -0.1) is 0 Å². The summed E-state index contributed by atoms with van der Waals surface area (Å²) in [7, 11) is 0. The van der Waals surface area contributed by atoms with Gasteiger partial charge in [0.2, 0.25) is 5.91 Å². The number of anilines is 1. The molecule has 1 unspecified atom stereocenters. The van der Waals surface area contributed by atoms with Crippen molar-refractivity contribution >= 4 is 11.6 Å².